The van der Waals surface area contributed by atoms with E-state index in [2.05, 4.69) is 17.4 Å². The summed E-state index contributed by atoms with van der Waals surface area (Å²) in [5.41, 5.74) is 3.22. The van der Waals surface area contributed by atoms with Gasteiger partial charge in [-0.3, -0.25) is 9.59 Å². The Morgan fingerprint density at radius 3 is 2.31 bits per heavy atom. The summed E-state index contributed by atoms with van der Waals surface area (Å²) in [5, 5.41) is 14.8. The van der Waals surface area contributed by atoms with Crippen LogP contribution in [-0.4, -0.2) is 41.3 Å². The van der Waals surface area contributed by atoms with E-state index in [0.717, 1.165) is 5.56 Å². The molecule has 2 saturated heterocycles. The van der Waals surface area contributed by atoms with Gasteiger partial charge in [0.1, 0.15) is 10.6 Å². The lowest BCUT2D eigenvalue weighted by Crippen LogP contribution is -2.41. The quantitative estimate of drug-likeness (QED) is 0.453. The van der Waals surface area contributed by atoms with Crippen molar-refractivity contribution in [3.8, 4) is 11.1 Å². The van der Waals surface area contributed by atoms with Crippen LogP contribution in [0, 0.1) is 11.8 Å². The number of amides is 1. The number of thiophene rings is 1. The Balaban J connectivity index is 1.42. The molecule has 4 atom stereocenters. The summed E-state index contributed by atoms with van der Waals surface area (Å²) in [6.45, 7) is 3.57. The molecule has 3 aliphatic rings. The number of hydrogen-bond donors (Lipinski definition) is 2. The molecule has 36 heavy (non-hydrogen) atoms. The molecule has 2 bridgehead atoms. The van der Waals surface area contributed by atoms with E-state index in [1.807, 2.05) is 17.5 Å². The lowest BCUT2D eigenvalue weighted by Gasteiger charge is -2.24. The van der Waals surface area contributed by atoms with Gasteiger partial charge in [0.15, 0.2) is 0 Å². The van der Waals surface area contributed by atoms with Gasteiger partial charge in [-0.25, -0.2) is 4.79 Å². The van der Waals surface area contributed by atoms with E-state index >= 15 is 0 Å². The molecule has 2 aromatic rings. The molecule has 0 radical (unpaired) electrons. The summed E-state index contributed by atoms with van der Waals surface area (Å²) >= 11 is 1.25. The zero-order valence-corrected chi connectivity index (χ0v) is 21.5. The van der Waals surface area contributed by atoms with Crippen molar-refractivity contribution in [1.29, 1.82) is 0 Å². The number of nitrogens with one attached hydrogen (secondary N) is 1. The fraction of sp³-hybridized carbons (Fsp3) is 0.536. The van der Waals surface area contributed by atoms with Crippen molar-refractivity contribution >= 4 is 34.2 Å². The van der Waals surface area contributed by atoms with Crippen LogP contribution in [0.25, 0.3) is 11.1 Å². The number of carboxylic acid groups (broad SMARTS) is 1. The fourth-order valence-electron chi connectivity index (χ4n) is 6.03. The minimum Gasteiger partial charge on any atom is -0.481 e. The second kappa shape index (κ2) is 10.3. The van der Waals surface area contributed by atoms with Gasteiger partial charge in [-0.2, -0.15) is 0 Å². The molecule has 1 aromatic carbocycles. The average molecular weight is 512 g/mol. The van der Waals surface area contributed by atoms with E-state index in [1.165, 1.54) is 49.0 Å². The first-order chi connectivity index (χ1) is 17.3. The van der Waals surface area contributed by atoms with E-state index in [1.54, 1.807) is 13.8 Å². The van der Waals surface area contributed by atoms with Crippen LogP contribution in [0.4, 0.5) is 5.00 Å². The summed E-state index contributed by atoms with van der Waals surface area (Å²) in [5.74, 6) is -3.02. The van der Waals surface area contributed by atoms with Crippen LogP contribution in [0.1, 0.15) is 80.6 Å². The van der Waals surface area contributed by atoms with Crippen LogP contribution in [0.2, 0.25) is 0 Å². The van der Waals surface area contributed by atoms with Crippen LogP contribution in [0.15, 0.2) is 29.6 Å². The number of benzene rings is 1. The van der Waals surface area contributed by atoms with E-state index in [4.69, 9.17) is 9.47 Å². The van der Waals surface area contributed by atoms with Crippen LogP contribution in [0.5, 0.6) is 0 Å². The van der Waals surface area contributed by atoms with Crippen molar-refractivity contribution in [3.05, 3.63) is 40.8 Å². The maximum absolute atomic E-state index is 13.3. The predicted molar refractivity (Wildman–Crippen MR) is 137 cm³/mol. The third kappa shape index (κ3) is 4.81. The highest BCUT2D eigenvalue weighted by Gasteiger charge is 2.55. The molecule has 0 unspecified atom stereocenters. The first-order valence-electron chi connectivity index (χ1n) is 13.0. The van der Waals surface area contributed by atoms with Crippen molar-refractivity contribution in [3.63, 3.8) is 0 Å². The largest absolute Gasteiger partial charge is 0.481 e. The number of rotatable bonds is 7. The van der Waals surface area contributed by atoms with E-state index in [-0.39, 0.29) is 6.10 Å². The molecule has 8 heteroatoms. The van der Waals surface area contributed by atoms with E-state index in [9.17, 15) is 19.5 Å². The third-order valence-electron chi connectivity index (χ3n) is 7.73. The topological polar surface area (TPSA) is 102 Å². The Bertz CT molecular complexity index is 1130. The van der Waals surface area contributed by atoms with Gasteiger partial charge in [-0.05, 0) is 56.6 Å². The number of carbonyl (C=O) groups is 3. The van der Waals surface area contributed by atoms with Crippen molar-refractivity contribution in [1.82, 2.24) is 0 Å². The Morgan fingerprint density at radius 1 is 1.00 bits per heavy atom. The van der Waals surface area contributed by atoms with Gasteiger partial charge < -0.3 is 19.9 Å². The molecule has 1 aliphatic carbocycles. The Kier molecular flexibility index (Phi) is 7.17. The van der Waals surface area contributed by atoms with Gasteiger partial charge in [0.25, 0.3) is 0 Å². The zero-order valence-electron chi connectivity index (χ0n) is 20.7. The Morgan fingerprint density at radius 2 is 1.67 bits per heavy atom. The summed E-state index contributed by atoms with van der Waals surface area (Å²) in [4.78, 5) is 38.3. The summed E-state index contributed by atoms with van der Waals surface area (Å²) in [7, 11) is 0. The first kappa shape index (κ1) is 25.0. The summed E-state index contributed by atoms with van der Waals surface area (Å²) < 4.78 is 11.3. The smallest absolute Gasteiger partial charge is 0.342 e. The van der Waals surface area contributed by atoms with Gasteiger partial charge in [0.05, 0.1) is 30.1 Å². The highest BCUT2D eigenvalue weighted by molar-refractivity contribution is 7.15. The van der Waals surface area contributed by atoms with Gasteiger partial charge in [-0.15, -0.1) is 11.3 Å². The number of aliphatic carboxylic acids is 1. The molecular formula is C28H33NO6S. The predicted octanol–water partition coefficient (Wildman–Crippen LogP) is 5.84. The van der Waals surface area contributed by atoms with Crippen LogP contribution in [-0.2, 0) is 19.1 Å². The third-order valence-corrected chi connectivity index (χ3v) is 8.63. The number of carbonyl (C=O) groups excluding carboxylic acids is 2. The highest BCUT2D eigenvalue weighted by atomic mass is 32.1. The number of ether oxygens (including phenoxy) is 2. The van der Waals surface area contributed by atoms with Crippen molar-refractivity contribution in [2.75, 3.05) is 5.32 Å². The second-order valence-corrected chi connectivity index (χ2v) is 11.3. The minimum absolute atomic E-state index is 0.309. The molecule has 7 nitrogen and oxygen atoms in total. The number of fused-ring (bicyclic) bond motifs is 2. The molecule has 5 rings (SSSR count). The minimum atomic E-state index is -1.02. The van der Waals surface area contributed by atoms with Gasteiger partial charge in [0.2, 0.25) is 5.91 Å². The maximum atomic E-state index is 13.3. The molecular weight excluding hydrogens is 478 g/mol. The number of carboxylic acids is 1. The summed E-state index contributed by atoms with van der Waals surface area (Å²) in [6, 6.07) is 8.35. The summed E-state index contributed by atoms with van der Waals surface area (Å²) in [6.07, 6.45) is 6.41. The average Bonchev–Trinajstić information content (AvgIpc) is 3.59. The highest BCUT2D eigenvalue weighted by Crippen LogP contribution is 2.45. The standard InChI is InChI=1S/C28H33NO6S/c1-15(2)34-28(33)22-19(18-10-8-17(9-11-18)16-6-4-3-5-7-16)14-36-26(22)29-25(30)23-20-12-13-21(35-20)24(23)27(31)32/h8-11,14-16,20-21,23-24H,3-7,12-13H2,1-2H3,(H,29,30)(H,31,32)/t20-,21-,23-,24-/m1/s1. The molecule has 3 heterocycles. The molecule has 3 fully saturated rings. The maximum Gasteiger partial charge on any atom is 0.342 e. The van der Waals surface area contributed by atoms with Crippen molar-refractivity contribution < 1.29 is 29.0 Å². The molecule has 1 saturated carbocycles. The van der Waals surface area contributed by atoms with E-state index < -0.39 is 41.9 Å². The molecule has 2 aliphatic heterocycles. The van der Waals surface area contributed by atoms with Gasteiger partial charge in [0, 0.05) is 10.9 Å². The van der Waals surface area contributed by atoms with Crippen molar-refractivity contribution in [2.45, 2.75) is 83.0 Å². The van der Waals surface area contributed by atoms with Crippen LogP contribution in [0.3, 0.4) is 0 Å². The molecule has 192 valence electrons. The number of hydrogen-bond acceptors (Lipinski definition) is 6. The molecule has 2 N–H and O–H groups in total. The van der Waals surface area contributed by atoms with Crippen molar-refractivity contribution in [2.24, 2.45) is 11.8 Å². The van der Waals surface area contributed by atoms with Crippen LogP contribution < -0.4 is 5.32 Å². The normalized spacial score (nSPS) is 25.8. The fourth-order valence-corrected chi connectivity index (χ4v) is 6.99. The first-order valence-corrected chi connectivity index (χ1v) is 13.8. The number of esters is 1. The van der Waals surface area contributed by atoms with E-state index in [0.29, 0.717) is 34.9 Å². The van der Waals surface area contributed by atoms with Gasteiger partial charge >= 0.3 is 11.9 Å². The Hall–Kier alpha value is -2.71. The molecule has 1 aromatic heterocycles. The lowest BCUT2D eigenvalue weighted by molar-refractivity contribution is -0.147. The zero-order chi connectivity index (χ0) is 25.4. The molecule has 0 spiro atoms. The van der Waals surface area contributed by atoms with Gasteiger partial charge in [-0.1, -0.05) is 43.5 Å². The number of anilines is 1. The Labute approximate surface area is 215 Å². The SMILES string of the molecule is CC(C)OC(=O)c1c(-c2ccc(C3CCCCC3)cc2)csc1NC(=O)[C@H]1[C@H](C(=O)O)[C@H]2CC[C@H]1O2. The second-order valence-electron chi connectivity index (χ2n) is 10.4. The monoisotopic (exact) mass is 511 g/mol. The van der Waals surface area contributed by atoms with Crippen LogP contribution >= 0.6 is 11.3 Å². The molecule has 1 amide bonds. The lowest BCUT2D eigenvalue weighted by atomic mass is 9.78.